The highest BCUT2D eigenvalue weighted by atomic mass is 16.5. The fourth-order valence-corrected chi connectivity index (χ4v) is 6.14. The van der Waals surface area contributed by atoms with Crippen LogP contribution in [0.5, 0.6) is 0 Å². The van der Waals surface area contributed by atoms with Crippen LogP contribution in [0.4, 0.5) is 4.79 Å². The minimum Gasteiger partial charge on any atom is -0.481 e. The van der Waals surface area contributed by atoms with Gasteiger partial charge >= 0.3 is 12.1 Å². The predicted molar refractivity (Wildman–Crippen MR) is 156 cm³/mol. The molecule has 3 aromatic rings. The van der Waals surface area contributed by atoms with Gasteiger partial charge in [-0.3, -0.25) is 14.5 Å². The van der Waals surface area contributed by atoms with E-state index in [9.17, 15) is 19.5 Å². The molecule has 1 aliphatic heterocycles. The number of aliphatic carboxylic acids is 1. The minimum absolute atomic E-state index is 0.0299. The van der Waals surface area contributed by atoms with Crippen molar-refractivity contribution in [3.05, 3.63) is 95.6 Å². The first-order valence-corrected chi connectivity index (χ1v) is 14.2. The van der Waals surface area contributed by atoms with Gasteiger partial charge in [0.2, 0.25) is 5.91 Å². The molecule has 2 N–H and O–H groups in total. The van der Waals surface area contributed by atoms with Gasteiger partial charge in [-0.25, -0.2) is 4.79 Å². The van der Waals surface area contributed by atoms with Gasteiger partial charge in [0.25, 0.3) is 0 Å². The van der Waals surface area contributed by atoms with Crippen LogP contribution in [-0.4, -0.2) is 72.2 Å². The molecule has 41 heavy (non-hydrogen) atoms. The Morgan fingerprint density at radius 1 is 0.976 bits per heavy atom. The summed E-state index contributed by atoms with van der Waals surface area (Å²) in [6.07, 6.45) is 0.898. The molecule has 5 rings (SSSR count). The number of carbonyl (C=O) groups excluding carboxylic acids is 2. The average Bonchev–Trinajstić information content (AvgIpc) is 3.29. The van der Waals surface area contributed by atoms with Gasteiger partial charge in [-0.05, 0) is 53.6 Å². The predicted octanol–water partition coefficient (Wildman–Crippen LogP) is 4.74. The number of amides is 2. The van der Waals surface area contributed by atoms with E-state index in [-0.39, 0.29) is 37.3 Å². The van der Waals surface area contributed by atoms with Crippen molar-refractivity contribution < 1.29 is 24.2 Å². The molecular formula is C33H37N3O5. The van der Waals surface area contributed by atoms with Gasteiger partial charge in [0, 0.05) is 38.5 Å². The topological polar surface area (TPSA) is 99.2 Å². The van der Waals surface area contributed by atoms with E-state index in [0.29, 0.717) is 19.6 Å². The number of piperidine rings is 1. The third kappa shape index (κ3) is 6.95. The molecule has 1 saturated heterocycles. The molecule has 0 bridgehead atoms. The molecule has 1 fully saturated rings. The molecule has 0 aromatic heterocycles. The second-order valence-corrected chi connectivity index (χ2v) is 11.1. The van der Waals surface area contributed by atoms with Gasteiger partial charge in [-0.15, -0.1) is 0 Å². The summed E-state index contributed by atoms with van der Waals surface area (Å²) in [7, 11) is 1.91. The standard InChI is InChI=1S/C33H37N3O5/c1-35(19-23-10-3-2-4-11-23)21-30(32(39)36-17-9-12-24(20-36)18-31(37)38)34-33(40)41-22-29-27-15-7-5-13-25(27)26-14-6-8-16-28(26)29/h2-8,10-11,13-16,24,29-30H,9,12,17-22H2,1H3,(H,34,40)(H,37,38). The van der Waals surface area contributed by atoms with Crippen LogP contribution in [0.15, 0.2) is 78.9 Å². The zero-order chi connectivity index (χ0) is 28.8. The number of likely N-dealkylation sites (tertiary alicyclic amines) is 1. The van der Waals surface area contributed by atoms with Crippen molar-refractivity contribution in [1.29, 1.82) is 0 Å². The number of carboxylic acids is 1. The fourth-order valence-electron chi connectivity index (χ4n) is 6.14. The monoisotopic (exact) mass is 555 g/mol. The Morgan fingerprint density at radius 3 is 2.27 bits per heavy atom. The van der Waals surface area contributed by atoms with Crippen LogP contribution in [0.3, 0.4) is 0 Å². The summed E-state index contributed by atoms with van der Waals surface area (Å²) in [6.45, 7) is 1.97. The summed E-state index contributed by atoms with van der Waals surface area (Å²) in [4.78, 5) is 41.9. The highest BCUT2D eigenvalue weighted by molar-refractivity contribution is 5.86. The maximum atomic E-state index is 13.7. The van der Waals surface area contributed by atoms with E-state index in [0.717, 1.165) is 40.7 Å². The lowest BCUT2D eigenvalue weighted by Gasteiger charge is -2.35. The molecule has 214 valence electrons. The normalized spacial score (nSPS) is 17.0. The quantitative estimate of drug-likeness (QED) is 0.375. The second-order valence-electron chi connectivity index (χ2n) is 11.1. The number of alkyl carbamates (subject to hydrolysis) is 1. The smallest absolute Gasteiger partial charge is 0.407 e. The number of likely N-dealkylation sites (N-methyl/N-ethyl adjacent to an activating group) is 1. The Balaban J connectivity index is 1.27. The number of rotatable bonds is 10. The second kappa shape index (κ2) is 13.0. The first kappa shape index (κ1) is 28.4. The van der Waals surface area contributed by atoms with Crippen LogP contribution >= 0.6 is 0 Å². The molecule has 3 aromatic carbocycles. The first-order valence-electron chi connectivity index (χ1n) is 14.2. The van der Waals surface area contributed by atoms with Crippen LogP contribution in [0, 0.1) is 5.92 Å². The summed E-state index contributed by atoms with van der Waals surface area (Å²) < 4.78 is 5.76. The highest BCUT2D eigenvalue weighted by Gasteiger charge is 2.33. The van der Waals surface area contributed by atoms with Crippen molar-refractivity contribution in [3.63, 3.8) is 0 Å². The van der Waals surface area contributed by atoms with Crippen molar-refractivity contribution in [2.45, 2.75) is 37.8 Å². The number of nitrogens with zero attached hydrogens (tertiary/aromatic N) is 2. The molecule has 1 aliphatic carbocycles. The summed E-state index contributed by atoms with van der Waals surface area (Å²) in [5.41, 5.74) is 5.63. The summed E-state index contributed by atoms with van der Waals surface area (Å²) >= 11 is 0. The maximum Gasteiger partial charge on any atom is 0.407 e. The molecule has 1 heterocycles. The number of ether oxygens (including phenoxy) is 1. The molecular weight excluding hydrogens is 518 g/mol. The third-order valence-electron chi connectivity index (χ3n) is 8.02. The number of nitrogens with one attached hydrogen (secondary N) is 1. The summed E-state index contributed by atoms with van der Waals surface area (Å²) in [5, 5.41) is 12.1. The van der Waals surface area contributed by atoms with Crippen molar-refractivity contribution >= 4 is 18.0 Å². The van der Waals surface area contributed by atoms with Gasteiger partial charge in [0.15, 0.2) is 0 Å². The number of hydrogen-bond acceptors (Lipinski definition) is 5. The number of hydrogen-bond donors (Lipinski definition) is 2. The van der Waals surface area contributed by atoms with Gasteiger partial charge in [-0.2, -0.15) is 0 Å². The van der Waals surface area contributed by atoms with Gasteiger partial charge in [0.05, 0.1) is 0 Å². The highest BCUT2D eigenvalue weighted by Crippen LogP contribution is 2.44. The van der Waals surface area contributed by atoms with Crippen LogP contribution in [0.1, 0.15) is 41.9 Å². The zero-order valence-electron chi connectivity index (χ0n) is 23.4. The summed E-state index contributed by atoms with van der Waals surface area (Å²) in [6, 6.07) is 25.4. The largest absolute Gasteiger partial charge is 0.481 e. The number of benzene rings is 3. The van der Waals surface area contributed by atoms with Crippen LogP contribution in [0.25, 0.3) is 11.1 Å². The minimum atomic E-state index is -0.861. The van der Waals surface area contributed by atoms with Gasteiger partial charge in [0.1, 0.15) is 12.6 Å². The van der Waals surface area contributed by atoms with Crippen molar-refractivity contribution in [2.24, 2.45) is 5.92 Å². The van der Waals surface area contributed by atoms with Gasteiger partial charge in [-0.1, -0.05) is 78.9 Å². The molecule has 2 unspecified atom stereocenters. The third-order valence-corrected chi connectivity index (χ3v) is 8.02. The maximum absolute atomic E-state index is 13.7. The Kier molecular flexibility index (Phi) is 8.99. The molecule has 0 radical (unpaired) electrons. The Hall–Kier alpha value is -4.17. The van der Waals surface area contributed by atoms with E-state index in [1.807, 2.05) is 66.5 Å². The number of carbonyl (C=O) groups is 3. The van der Waals surface area contributed by atoms with Crippen molar-refractivity contribution in [1.82, 2.24) is 15.1 Å². The van der Waals surface area contributed by atoms with E-state index < -0.39 is 18.1 Å². The lowest BCUT2D eigenvalue weighted by atomic mass is 9.94. The molecule has 8 heteroatoms. The molecule has 0 spiro atoms. The zero-order valence-corrected chi connectivity index (χ0v) is 23.4. The van der Waals surface area contributed by atoms with Crippen LogP contribution in [0.2, 0.25) is 0 Å². The molecule has 8 nitrogen and oxygen atoms in total. The van der Waals surface area contributed by atoms with E-state index in [2.05, 4.69) is 29.6 Å². The van der Waals surface area contributed by atoms with Crippen LogP contribution in [-0.2, 0) is 20.9 Å². The fraction of sp³-hybridized carbons (Fsp3) is 0.364. The van der Waals surface area contributed by atoms with E-state index in [1.54, 1.807) is 4.90 Å². The Morgan fingerprint density at radius 2 is 1.61 bits per heavy atom. The van der Waals surface area contributed by atoms with Crippen molar-refractivity contribution in [3.8, 4) is 11.1 Å². The molecule has 0 saturated carbocycles. The van der Waals surface area contributed by atoms with E-state index >= 15 is 0 Å². The van der Waals surface area contributed by atoms with Crippen molar-refractivity contribution in [2.75, 3.05) is 33.3 Å². The van der Waals surface area contributed by atoms with E-state index in [4.69, 9.17) is 4.74 Å². The number of fused-ring (bicyclic) bond motifs is 3. The lowest BCUT2D eigenvalue weighted by molar-refractivity contribution is -0.141. The van der Waals surface area contributed by atoms with Crippen LogP contribution < -0.4 is 5.32 Å². The molecule has 2 aliphatic rings. The first-order chi connectivity index (χ1) is 19.9. The molecule has 2 atom stereocenters. The Bertz CT molecular complexity index is 1330. The number of carboxylic acid groups (broad SMARTS) is 1. The SMILES string of the molecule is CN(Cc1ccccc1)CC(NC(=O)OCC1c2ccccc2-c2ccccc21)C(=O)N1CCCC(CC(=O)O)C1. The lowest BCUT2D eigenvalue weighted by Crippen LogP contribution is -2.55. The molecule has 2 amide bonds. The van der Waals surface area contributed by atoms with Gasteiger partial charge < -0.3 is 20.1 Å². The average molecular weight is 556 g/mol. The van der Waals surface area contributed by atoms with E-state index in [1.165, 1.54) is 0 Å². The Labute approximate surface area is 240 Å². The summed E-state index contributed by atoms with van der Waals surface area (Å²) in [5.74, 6) is -1.25.